The van der Waals surface area contributed by atoms with Crippen LogP contribution >= 0.6 is 12.6 Å². The molecule has 0 radical (unpaired) electrons. The highest BCUT2D eigenvalue weighted by Crippen LogP contribution is 2.17. The van der Waals surface area contributed by atoms with Crippen LogP contribution in [0.2, 0.25) is 0 Å². The van der Waals surface area contributed by atoms with Crippen molar-refractivity contribution < 1.29 is 4.39 Å². The summed E-state index contributed by atoms with van der Waals surface area (Å²) >= 11 is 4.19. The van der Waals surface area contributed by atoms with Crippen molar-refractivity contribution in [3.63, 3.8) is 0 Å². The predicted molar refractivity (Wildman–Crippen MR) is 81.4 cm³/mol. The van der Waals surface area contributed by atoms with Crippen molar-refractivity contribution in [1.82, 2.24) is 9.78 Å². The topological polar surface area (TPSA) is 34.9 Å². The molecule has 0 bridgehead atoms. The van der Waals surface area contributed by atoms with Gasteiger partial charge in [0.2, 0.25) is 0 Å². The van der Waals surface area contributed by atoms with Gasteiger partial charge in [0, 0.05) is 23.4 Å². The Kier molecular flexibility index (Phi) is 4.60. The van der Waals surface area contributed by atoms with Gasteiger partial charge >= 0.3 is 0 Å². The van der Waals surface area contributed by atoms with E-state index in [2.05, 4.69) is 17.7 Å². The number of hydrogen-bond donors (Lipinski definition) is 1. The van der Waals surface area contributed by atoms with Crippen molar-refractivity contribution in [2.24, 2.45) is 5.92 Å². The number of aromatic nitrogens is 2. The van der Waals surface area contributed by atoms with E-state index in [0.717, 1.165) is 5.56 Å². The second-order valence-electron chi connectivity index (χ2n) is 5.10. The Labute approximate surface area is 122 Å². The third-order valence-corrected chi connectivity index (χ3v) is 3.24. The summed E-state index contributed by atoms with van der Waals surface area (Å²) in [6.45, 7) is 4.60. The summed E-state index contributed by atoms with van der Waals surface area (Å²) in [4.78, 5) is 12.2. The first-order chi connectivity index (χ1) is 9.51. The fourth-order valence-electron chi connectivity index (χ4n) is 1.94. The molecule has 0 spiro atoms. The van der Waals surface area contributed by atoms with E-state index < -0.39 is 0 Å². The fraction of sp³-hybridized carbons (Fsp3) is 0.333. The molecule has 0 saturated carbocycles. The van der Waals surface area contributed by atoms with E-state index in [4.69, 9.17) is 0 Å². The van der Waals surface area contributed by atoms with Crippen molar-refractivity contribution in [3.8, 4) is 11.3 Å². The first kappa shape index (κ1) is 14.8. The lowest BCUT2D eigenvalue weighted by Crippen LogP contribution is -2.28. The van der Waals surface area contributed by atoms with E-state index in [-0.39, 0.29) is 11.4 Å². The Morgan fingerprint density at radius 3 is 2.50 bits per heavy atom. The highest BCUT2D eigenvalue weighted by atomic mass is 32.1. The van der Waals surface area contributed by atoms with Crippen LogP contribution in [0.5, 0.6) is 0 Å². The summed E-state index contributed by atoms with van der Waals surface area (Å²) in [7, 11) is 0. The summed E-state index contributed by atoms with van der Waals surface area (Å²) in [5.74, 6) is 0.378. The molecule has 0 aliphatic carbocycles. The van der Waals surface area contributed by atoms with Crippen LogP contribution in [0.1, 0.15) is 19.4 Å². The van der Waals surface area contributed by atoms with E-state index in [0.29, 0.717) is 29.5 Å². The summed E-state index contributed by atoms with van der Waals surface area (Å²) in [6.07, 6.45) is 0. The molecule has 0 atom stereocenters. The maximum absolute atomic E-state index is 13.0. The van der Waals surface area contributed by atoms with Gasteiger partial charge in [0.25, 0.3) is 5.56 Å². The van der Waals surface area contributed by atoms with Crippen molar-refractivity contribution in [1.29, 1.82) is 0 Å². The standard InChI is InChI=1S/C15H17FN2OS/c1-10(2)8-18-15(19)12(9-20)7-14(17-18)11-3-5-13(16)6-4-11/h3-7,10,20H,8-9H2,1-2H3. The van der Waals surface area contributed by atoms with Gasteiger partial charge in [-0.15, -0.1) is 0 Å². The molecule has 0 saturated heterocycles. The maximum Gasteiger partial charge on any atom is 0.270 e. The molecule has 1 aromatic heterocycles. The highest BCUT2D eigenvalue weighted by Gasteiger charge is 2.10. The van der Waals surface area contributed by atoms with Crippen LogP contribution in [-0.4, -0.2) is 9.78 Å². The van der Waals surface area contributed by atoms with E-state index in [1.807, 2.05) is 13.8 Å². The summed E-state index contributed by atoms with van der Waals surface area (Å²) in [5.41, 5.74) is 1.93. The Morgan fingerprint density at radius 2 is 1.95 bits per heavy atom. The van der Waals surface area contributed by atoms with E-state index in [1.165, 1.54) is 16.8 Å². The molecular weight excluding hydrogens is 275 g/mol. The SMILES string of the molecule is CC(C)Cn1nc(-c2ccc(F)cc2)cc(CS)c1=O. The number of rotatable bonds is 4. The molecule has 106 valence electrons. The largest absolute Gasteiger partial charge is 0.270 e. The van der Waals surface area contributed by atoms with Gasteiger partial charge in [0.1, 0.15) is 5.82 Å². The summed E-state index contributed by atoms with van der Waals surface area (Å²) < 4.78 is 14.4. The van der Waals surface area contributed by atoms with Gasteiger partial charge < -0.3 is 0 Å². The van der Waals surface area contributed by atoms with Crippen molar-refractivity contribution in [2.75, 3.05) is 0 Å². The monoisotopic (exact) mass is 292 g/mol. The van der Waals surface area contributed by atoms with Crippen LogP contribution in [-0.2, 0) is 12.3 Å². The summed E-state index contributed by atoms with van der Waals surface area (Å²) in [6, 6.07) is 7.80. The molecule has 2 aromatic rings. The second-order valence-corrected chi connectivity index (χ2v) is 5.42. The fourth-order valence-corrected chi connectivity index (χ4v) is 2.17. The van der Waals surface area contributed by atoms with Crippen LogP contribution < -0.4 is 5.56 Å². The van der Waals surface area contributed by atoms with Crippen LogP contribution in [0.25, 0.3) is 11.3 Å². The molecule has 5 heteroatoms. The van der Waals surface area contributed by atoms with E-state index in [1.54, 1.807) is 18.2 Å². The minimum Gasteiger partial charge on any atom is -0.267 e. The molecule has 0 amide bonds. The van der Waals surface area contributed by atoms with Crippen LogP contribution in [0.4, 0.5) is 4.39 Å². The first-order valence-electron chi connectivity index (χ1n) is 6.49. The lowest BCUT2D eigenvalue weighted by Gasteiger charge is -2.11. The van der Waals surface area contributed by atoms with Gasteiger partial charge in [-0.1, -0.05) is 13.8 Å². The van der Waals surface area contributed by atoms with Crippen molar-refractivity contribution in [2.45, 2.75) is 26.1 Å². The quantitative estimate of drug-likeness (QED) is 0.879. The Balaban J connectivity index is 2.53. The zero-order valence-electron chi connectivity index (χ0n) is 11.5. The average Bonchev–Trinajstić information content (AvgIpc) is 2.41. The molecule has 1 aromatic carbocycles. The number of hydrogen-bond acceptors (Lipinski definition) is 3. The van der Waals surface area contributed by atoms with E-state index >= 15 is 0 Å². The van der Waals surface area contributed by atoms with Gasteiger partial charge in [0.05, 0.1) is 5.69 Å². The third kappa shape index (κ3) is 3.28. The molecule has 3 nitrogen and oxygen atoms in total. The molecule has 2 rings (SSSR count). The zero-order valence-corrected chi connectivity index (χ0v) is 12.4. The van der Waals surface area contributed by atoms with Gasteiger partial charge in [0.15, 0.2) is 0 Å². The number of nitrogens with zero attached hydrogens (tertiary/aromatic N) is 2. The lowest BCUT2D eigenvalue weighted by atomic mass is 10.1. The smallest absolute Gasteiger partial charge is 0.267 e. The third-order valence-electron chi connectivity index (χ3n) is 2.90. The van der Waals surface area contributed by atoms with Crippen molar-refractivity contribution in [3.05, 3.63) is 52.1 Å². The predicted octanol–water partition coefficient (Wildman–Crippen LogP) is 3.14. The Hall–Kier alpha value is -1.62. The normalized spacial score (nSPS) is 11.1. The van der Waals surface area contributed by atoms with Crippen LogP contribution in [0, 0.1) is 11.7 Å². The molecular formula is C15H17FN2OS. The molecule has 0 fully saturated rings. The van der Waals surface area contributed by atoms with Crippen molar-refractivity contribution >= 4 is 12.6 Å². The van der Waals surface area contributed by atoms with Crippen LogP contribution in [0.3, 0.4) is 0 Å². The van der Waals surface area contributed by atoms with E-state index in [9.17, 15) is 9.18 Å². The molecule has 0 N–H and O–H groups in total. The lowest BCUT2D eigenvalue weighted by molar-refractivity contribution is 0.463. The molecule has 0 aliphatic heterocycles. The minimum atomic E-state index is -0.293. The van der Waals surface area contributed by atoms with Gasteiger partial charge in [-0.3, -0.25) is 4.79 Å². The Morgan fingerprint density at radius 1 is 1.30 bits per heavy atom. The van der Waals surface area contributed by atoms with Crippen LogP contribution in [0.15, 0.2) is 35.1 Å². The first-order valence-corrected chi connectivity index (χ1v) is 7.12. The minimum absolute atomic E-state index is 0.112. The molecule has 1 heterocycles. The highest BCUT2D eigenvalue weighted by molar-refractivity contribution is 7.79. The number of thiol groups is 1. The summed E-state index contributed by atoms with van der Waals surface area (Å²) in [5, 5.41) is 4.37. The maximum atomic E-state index is 13.0. The van der Waals surface area contributed by atoms with Gasteiger partial charge in [-0.05, 0) is 36.2 Å². The van der Waals surface area contributed by atoms with Gasteiger partial charge in [-0.25, -0.2) is 9.07 Å². The molecule has 0 aliphatic rings. The average molecular weight is 292 g/mol. The number of halogens is 1. The second kappa shape index (κ2) is 6.22. The zero-order chi connectivity index (χ0) is 14.7. The Bertz CT molecular complexity index is 650. The number of benzene rings is 1. The van der Waals surface area contributed by atoms with Gasteiger partial charge in [-0.2, -0.15) is 17.7 Å². The molecule has 20 heavy (non-hydrogen) atoms. The molecule has 0 unspecified atom stereocenters.